The van der Waals surface area contributed by atoms with E-state index in [-0.39, 0.29) is 5.41 Å². The fourth-order valence-corrected chi connectivity index (χ4v) is 1.27. The zero-order valence-electron chi connectivity index (χ0n) is 7.32. The first-order valence-electron chi connectivity index (χ1n) is 3.86. The normalized spacial score (nSPS) is 24.0. The number of hydrogen-bond acceptors (Lipinski definition) is 2. The van der Waals surface area contributed by atoms with Crippen LogP contribution in [0.5, 0.6) is 0 Å². The SMILES string of the molecule is CC(C)(CCl)C1(C)OCCO1. The highest BCUT2D eigenvalue weighted by Gasteiger charge is 2.45. The molecule has 0 N–H and O–H groups in total. The Morgan fingerprint density at radius 2 is 1.82 bits per heavy atom. The highest BCUT2D eigenvalue weighted by molar-refractivity contribution is 6.18. The van der Waals surface area contributed by atoms with E-state index >= 15 is 0 Å². The molecule has 1 aliphatic heterocycles. The molecule has 0 spiro atoms. The van der Waals surface area contributed by atoms with Crippen LogP contribution in [0, 0.1) is 5.41 Å². The average Bonchev–Trinajstić information content (AvgIpc) is 2.38. The summed E-state index contributed by atoms with van der Waals surface area (Å²) in [6, 6.07) is 0. The highest BCUT2D eigenvalue weighted by atomic mass is 35.5. The molecule has 1 saturated heterocycles. The third-order valence-electron chi connectivity index (χ3n) is 2.40. The van der Waals surface area contributed by atoms with Gasteiger partial charge in [0.05, 0.1) is 13.2 Å². The molecular formula is C8H15ClO2. The van der Waals surface area contributed by atoms with Crippen LogP contribution in [0.4, 0.5) is 0 Å². The average molecular weight is 179 g/mol. The summed E-state index contributed by atoms with van der Waals surface area (Å²) in [7, 11) is 0. The number of hydrogen-bond donors (Lipinski definition) is 0. The Morgan fingerprint density at radius 1 is 1.36 bits per heavy atom. The van der Waals surface area contributed by atoms with Gasteiger partial charge in [0, 0.05) is 11.3 Å². The molecule has 0 aromatic rings. The van der Waals surface area contributed by atoms with Gasteiger partial charge in [-0.1, -0.05) is 13.8 Å². The van der Waals surface area contributed by atoms with Crippen LogP contribution in [0.3, 0.4) is 0 Å². The summed E-state index contributed by atoms with van der Waals surface area (Å²) in [5.41, 5.74) is -0.120. The smallest absolute Gasteiger partial charge is 0.171 e. The lowest BCUT2D eigenvalue weighted by Gasteiger charge is -2.37. The van der Waals surface area contributed by atoms with Gasteiger partial charge in [-0.3, -0.25) is 0 Å². The molecule has 3 heteroatoms. The Kier molecular flexibility index (Phi) is 2.47. The first-order chi connectivity index (χ1) is 5.02. The van der Waals surface area contributed by atoms with Gasteiger partial charge in [-0.05, 0) is 6.92 Å². The molecule has 0 saturated carbocycles. The van der Waals surface area contributed by atoms with Crippen LogP contribution < -0.4 is 0 Å². The van der Waals surface area contributed by atoms with Gasteiger partial charge in [0.25, 0.3) is 0 Å². The molecule has 0 aliphatic carbocycles. The van der Waals surface area contributed by atoms with Gasteiger partial charge < -0.3 is 9.47 Å². The maximum atomic E-state index is 5.80. The Morgan fingerprint density at radius 3 is 2.18 bits per heavy atom. The maximum absolute atomic E-state index is 5.80. The molecule has 1 rings (SSSR count). The van der Waals surface area contributed by atoms with Crippen LogP contribution in [0.1, 0.15) is 20.8 Å². The van der Waals surface area contributed by atoms with E-state index in [2.05, 4.69) is 0 Å². The zero-order valence-corrected chi connectivity index (χ0v) is 8.07. The van der Waals surface area contributed by atoms with E-state index in [0.29, 0.717) is 19.1 Å². The lowest BCUT2D eigenvalue weighted by molar-refractivity contribution is -0.206. The van der Waals surface area contributed by atoms with Crippen LogP contribution in [-0.4, -0.2) is 24.9 Å². The minimum Gasteiger partial charge on any atom is -0.347 e. The monoisotopic (exact) mass is 178 g/mol. The van der Waals surface area contributed by atoms with Gasteiger partial charge in [-0.25, -0.2) is 0 Å². The molecular weight excluding hydrogens is 164 g/mol. The van der Waals surface area contributed by atoms with Gasteiger partial charge >= 0.3 is 0 Å². The third-order valence-corrected chi connectivity index (χ3v) is 3.07. The van der Waals surface area contributed by atoms with Gasteiger partial charge in [0.15, 0.2) is 5.79 Å². The Bertz CT molecular complexity index is 139. The Balaban J connectivity index is 2.69. The van der Waals surface area contributed by atoms with Gasteiger partial charge in [0.2, 0.25) is 0 Å². The van der Waals surface area contributed by atoms with E-state index in [1.165, 1.54) is 0 Å². The van der Waals surface area contributed by atoms with Crippen molar-refractivity contribution in [2.75, 3.05) is 19.1 Å². The number of rotatable bonds is 2. The molecule has 0 atom stereocenters. The molecule has 11 heavy (non-hydrogen) atoms. The van der Waals surface area contributed by atoms with E-state index in [0.717, 1.165) is 0 Å². The van der Waals surface area contributed by atoms with E-state index < -0.39 is 5.79 Å². The molecule has 1 aliphatic rings. The molecule has 1 fully saturated rings. The molecule has 1 heterocycles. The molecule has 2 nitrogen and oxygen atoms in total. The van der Waals surface area contributed by atoms with E-state index in [1.54, 1.807) is 0 Å². The summed E-state index contributed by atoms with van der Waals surface area (Å²) in [5, 5.41) is 0. The van der Waals surface area contributed by atoms with Crippen molar-refractivity contribution in [2.45, 2.75) is 26.6 Å². The summed E-state index contributed by atoms with van der Waals surface area (Å²) in [5.74, 6) is 0.0538. The second-order valence-electron chi connectivity index (χ2n) is 3.66. The van der Waals surface area contributed by atoms with Gasteiger partial charge in [0.1, 0.15) is 0 Å². The predicted molar refractivity (Wildman–Crippen MR) is 44.8 cm³/mol. The summed E-state index contributed by atoms with van der Waals surface area (Å²) in [6.45, 7) is 7.40. The Labute approximate surface area is 72.8 Å². The minimum absolute atomic E-state index is 0.120. The molecule has 0 radical (unpaired) electrons. The fraction of sp³-hybridized carbons (Fsp3) is 1.00. The summed E-state index contributed by atoms with van der Waals surface area (Å²) >= 11 is 5.80. The second-order valence-corrected chi connectivity index (χ2v) is 3.93. The quantitative estimate of drug-likeness (QED) is 0.603. The van der Waals surface area contributed by atoms with Crippen molar-refractivity contribution in [2.24, 2.45) is 5.41 Å². The number of alkyl halides is 1. The first-order valence-corrected chi connectivity index (χ1v) is 4.39. The topological polar surface area (TPSA) is 18.5 Å². The van der Waals surface area contributed by atoms with Crippen molar-refractivity contribution in [3.05, 3.63) is 0 Å². The zero-order chi connectivity index (χ0) is 8.54. The molecule has 66 valence electrons. The third kappa shape index (κ3) is 1.53. The van der Waals surface area contributed by atoms with Crippen LogP contribution in [0.15, 0.2) is 0 Å². The lowest BCUT2D eigenvalue weighted by atomic mass is 9.86. The highest BCUT2D eigenvalue weighted by Crippen LogP contribution is 2.38. The fourth-order valence-electron chi connectivity index (χ4n) is 1.03. The first kappa shape index (κ1) is 9.30. The summed E-state index contributed by atoms with van der Waals surface area (Å²) in [6.07, 6.45) is 0. The number of halogens is 1. The van der Waals surface area contributed by atoms with E-state index in [9.17, 15) is 0 Å². The van der Waals surface area contributed by atoms with Crippen LogP contribution in [-0.2, 0) is 9.47 Å². The molecule has 0 bridgehead atoms. The van der Waals surface area contributed by atoms with Crippen molar-refractivity contribution >= 4 is 11.6 Å². The predicted octanol–water partition coefficient (Wildman–Crippen LogP) is 2.01. The molecule has 0 unspecified atom stereocenters. The van der Waals surface area contributed by atoms with Crippen molar-refractivity contribution in [1.82, 2.24) is 0 Å². The number of ether oxygens (including phenoxy) is 2. The standard InChI is InChI=1S/C8H15ClO2/c1-7(2,6-9)8(3)10-4-5-11-8/h4-6H2,1-3H3. The minimum atomic E-state index is -0.491. The largest absolute Gasteiger partial charge is 0.347 e. The van der Waals surface area contributed by atoms with Crippen LogP contribution >= 0.6 is 11.6 Å². The Hall–Kier alpha value is 0.210. The molecule has 0 aromatic heterocycles. The van der Waals surface area contributed by atoms with Gasteiger partial charge in [-0.2, -0.15) is 0 Å². The van der Waals surface area contributed by atoms with Crippen molar-refractivity contribution in [1.29, 1.82) is 0 Å². The summed E-state index contributed by atoms with van der Waals surface area (Å²) < 4.78 is 11.0. The lowest BCUT2D eigenvalue weighted by Crippen LogP contribution is -2.44. The van der Waals surface area contributed by atoms with Crippen molar-refractivity contribution < 1.29 is 9.47 Å². The van der Waals surface area contributed by atoms with Crippen molar-refractivity contribution in [3.8, 4) is 0 Å². The van der Waals surface area contributed by atoms with Crippen LogP contribution in [0.25, 0.3) is 0 Å². The van der Waals surface area contributed by atoms with Gasteiger partial charge in [-0.15, -0.1) is 11.6 Å². The summed E-state index contributed by atoms with van der Waals surface area (Å²) in [4.78, 5) is 0. The molecule has 0 amide bonds. The van der Waals surface area contributed by atoms with E-state index in [4.69, 9.17) is 21.1 Å². The van der Waals surface area contributed by atoms with E-state index in [1.807, 2.05) is 20.8 Å². The maximum Gasteiger partial charge on any atom is 0.171 e. The second kappa shape index (κ2) is 2.92. The van der Waals surface area contributed by atoms with Crippen molar-refractivity contribution in [3.63, 3.8) is 0 Å². The molecule has 0 aromatic carbocycles. The van der Waals surface area contributed by atoms with Crippen LogP contribution in [0.2, 0.25) is 0 Å².